The van der Waals surface area contributed by atoms with E-state index >= 15 is 0 Å². The third kappa shape index (κ3) is 33.4. The molecule has 9 heteroatoms. The lowest BCUT2D eigenvalue weighted by Crippen LogP contribution is -2.29. The topological polar surface area (TPSA) is 108 Å². The van der Waals surface area contributed by atoms with Gasteiger partial charge in [0, 0.05) is 20.0 Å². The van der Waals surface area contributed by atoms with Gasteiger partial charge in [0.2, 0.25) is 0 Å². The second-order valence-corrected chi connectivity index (χ2v) is 13.2. The summed E-state index contributed by atoms with van der Waals surface area (Å²) in [4.78, 5) is 34.3. The van der Waals surface area contributed by atoms with Gasteiger partial charge in [-0.25, -0.2) is 4.57 Å². The number of carbonyl (C=O) groups excluding carboxylic acids is 2. The van der Waals surface area contributed by atoms with E-state index in [-0.39, 0.29) is 19.4 Å². The van der Waals surface area contributed by atoms with E-state index in [4.69, 9.17) is 14.0 Å². The average Bonchev–Trinajstić information content (AvgIpc) is 3.06. The Morgan fingerprint density at radius 3 is 1.70 bits per heavy atom. The standard InChI is InChI=1S/C38H65O8P/c1-4-6-8-10-12-14-16-18-19-21-22-24-26-28-30-32-37(39)44-34-36(35-45-47(41,42)43-3)46-38(40)33-31-29-27-25-23-20-17-15-13-11-9-7-5-2/h4,6,9,11-12,14-15,17,19,21,36H,5,7-8,10,13,16,18,20,22-35H2,1-3H3,(H,41,42)/b6-4+,11-9+,14-12-,17-15+,21-19+/t36-/m1/s1. The van der Waals surface area contributed by atoms with E-state index in [2.05, 4.69) is 72.2 Å². The highest BCUT2D eigenvalue weighted by molar-refractivity contribution is 7.47. The van der Waals surface area contributed by atoms with Gasteiger partial charge in [-0.2, -0.15) is 0 Å². The molecule has 0 aliphatic heterocycles. The Hall–Kier alpha value is -2.25. The number of phosphoric acid groups is 1. The van der Waals surface area contributed by atoms with Crippen molar-refractivity contribution in [2.75, 3.05) is 20.3 Å². The lowest BCUT2D eigenvalue weighted by atomic mass is 10.1. The van der Waals surface area contributed by atoms with Crippen LogP contribution in [0.3, 0.4) is 0 Å². The fourth-order valence-electron chi connectivity index (χ4n) is 4.49. The van der Waals surface area contributed by atoms with Crippen LogP contribution in [-0.2, 0) is 32.7 Å². The lowest BCUT2D eigenvalue weighted by molar-refractivity contribution is -0.161. The summed E-state index contributed by atoms with van der Waals surface area (Å²) in [5.41, 5.74) is 0. The maximum atomic E-state index is 12.4. The first-order valence-electron chi connectivity index (χ1n) is 17.9. The van der Waals surface area contributed by atoms with Crippen molar-refractivity contribution in [3.05, 3.63) is 60.8 Å². The molecule has 0 saturated carbocycles. The Balaban J connectivity index is 4.15. The van der Waals surface area contributed by atoms with Crippen LogP contribution in [0.15, 0.2) is 60.8 Å². The molecule has 0 rings (SSSR count). The molecule has 0 fully saturated rings. The van der Waals surface area contributed by atoms with Crippen LogP contribution in [0.2, 0.25) is 0 Å². The van der Waals surface area contributed by atoms with E-state index in [1.54, 1.807) is 0 Å². The predicted molar refractivity (Wildman–Crippen MR) is 193 cm³/mol. The SMILES string of the molecule is C/C=C/CC/C=C\CC/C=C/CCCCCCC(=O)OC[C@H](COP(=O)(O)OC)OC(=O)CCCCCCC/C=C/C/C=C/CCC. The van der Waals surface area contributed by atoms with Gasteiger partial charge in [-0.1, -0.05) is 106 Å². The molecule has 2 atom stereocenters. The molecule has 0 aliphatic rings. The van der Waals surface area contributed by atoms with Crippen molar-refractivity contribution in [2.45, 2.75) is 148 Å². The second-order valence-electron chi connectivity index (χ2n) is 11.6. The lowest BCUT2D eigenvalue weighted by Gasteiger charge is -2.19. The molecule has 270 valence electrons. The molecule has 47 heavy (non-hydrogen) atoms. The third-order valence-corrected chi connectivity index (χ3v) is 8.20. The molecule has 0 amide bonds. The Kier molecular flexibility index (Phi) is 32.0. The zero-order chi connectivity index (χ0) is 34.7. The summed E-state index contributed by atoms with van der Waals surface area (Å²) in [6, 6.07) is 0. The largest absolute Gasteiger partial charge is 0.472 e. The van der Waals surface area contributed by atoms with Crippen molar-refractivity contribution in [1.82, 2.24) is 0 Å². The maximum Gasteiger partial charge on any atom is 0.472 e. The molecule has 0 aliphatic carbocycles. The van der Waals surface area contributed by atoms with E-state index in [0.29, 0.717) is 12.8 Å². The highest BCUT2D eigenvalue weighted by Gasteiger charge is 2.24. The summed E-state index contributed by atoms with van der Waals surface area (Å²) in [6.07, 6.45) is 39.9. The molecule has 0 bridgehead atoms. The summed E-state index contributed by atoms with van der Waals surface area (Å²) in [5, 5.41) is 0. The molecule has 0 aromatic rings. The highest BCUT2D eigenvalue weighted by atomic mass is 31.2. The maximum absolute atomic E-state index is 12.4. The molecule has 1 unspecified atom stereocenters. The first-order valence-corrected chi connectivity index (χ1v) is 19.4. The van der Waals surface area contributed by atoms with Crippen molar-refractivity contribution in [1.29, 1.82) is 0 Å². The van der Waals surface area contributed by atoms with Crippen molar-refractivity contribution in [3.8, 4) is 0 Å². The molecule has 0 radical (unpaired) electrons. The van der Waals surface area contributed by atoms with Crippen molar-refractivity contribution < 1.29 is 37.6 Å². The first kappa shape index (κ1) is 44.8. The molecular weight excluding hydrogens is 615 g/mol. The summed E-state index contributed by atoms with van der Waals surface area (Å²) < 4.78 is 31.8. The molecule has 0 aromatic carbocycles. The van der Waals surface area contributed by atoms with Crippen LogP contribution in [0.5, 0.6) is 0 Å². The summed E-state index contributed by atoms with van der Waals surface area (Å²) >= 11 is 0. The minimum Gasteiger partial charge on any atom is -0.462 e. The minimum atomic E-state index is -4.27. The van der Waals surface area contributed by atoms with Gasteiger partial charge < -0.3 is 14.4 Å². The number of allylic oxidation sites excluding steroid dienone is 10. The summed E-state index contributed by atoms with van der Waals surface area (Å²) in [5.74, 6) is -0.851. The van der Waals surface area contributed by atoms with Crippen LogP contribution in [-0.4, -0.2) is 43.3 Å². The van der Waals surface area contributed by atoms with Gasteiger partial charge in [-0.15, -0.1) is 0 Å². The van der Waals surface area contributed by atoms with E-state index < -0.39 is 32.5 Å². The smallest absolute Gasteiger partial charge is 0.462 e. The normalized spacial score (nSPS) is 14.2. The third-order valence-electron chi connectivity index (χ3n) is 7.27. The zero-order valence-electron chi connectivity index (χ0n) is 29.7. The van der Waals surface area contributed by atoms with Crippen LogP contribution in [0, 0.1) is 0 Å². The number of ether oxygens (including phenoxy) is 2. The Labute approximate surface area is 286 Å². The van der Waals surface area contributed by atoms with Crippen molar-refractivity contribution in [2.24, 2.45) is 0 Å². The van der Waals surface area contributed by atoms with E-state index in [1.807, 2.05) is 6.92 Å². The molecule has 0 spiro atoms. The molecule has 1 N–H and O–H groups in total. The predicted octanol–water partition coefficient (Wildman–Crippen LogP) is 10.8. The van der Waals surface area contributed by atoms with Crippen LogP contribution in [0.4, 0.5) is 0 Å². The molecule has 0 saturated heterocycles. The monoisotopic (exact) mass is 680 g/mol. The van der Waals surface area contributed by atoms with E-state index in [0.717, 1.165) is 103 Å². The van der Waals surface area contributed by atoms with E-state index in [1.165, 1.54) is 6.42 Å². The summed E-state index contributed by atoms with van der Waals surface area (Å²) in [7, 11) is -3.22. The molecule has 0 heterocycles. The Morgan fingerprint density at radius 2 is 1.13 bits per heavy atom. The van der Waals surface area contributed by atoms with Crippen molar-refractivity contribution in [3.63, 3.8) is 0 Å². The minimum absolute atomic E-state index is 0.221. The fourth-order valence-corrected chi connectivity index (χ4v) is 4.95. The Bertz CT molecular complexity index is 953. The van der Waals surface area contributed by atoms with Gasteiger partial charge in [0.15, 0.2) is 6.10 Å². The number of carbonyl (C=O) groups is 2. The summed E-state index contributed by atoms with van der Waals surface area (Å²) in [6.45, 7) is 3.56. The number of unbranched alkanes of at least 4 members (excludes halogenated alkanes) is 12. The zero-order valence-corrected chi connectivity index (χ0v) is 30.6. The van der Waals surface area contributed by atoms with Gasteiger partial charge in [0.1, 0.15) is 6.61 Å². The number of phosphoric ester groups is 1. The molecule has 0 aromatic heterocycles. The fraction of sp³-hybridized carbons (Fsp3) is 0.684. The van der Waals surface area contributed by atoms with Gasteiger partial charge in [0.05, 0.1) is 6.61 Å². The van der Waals surface area contributed by atoms with Gasteiger partial charge in [-0.05, 0) is 84.0 Å². The quantitative estimate of drug-likeness (QED) is 0.0324. The number of rotatable bonds is 32. The van der Waals surface area contributed by atoms with Crippen LogP contribution in [0.1, 0.15) is 142 Å². The average molecular weight is 681 g/mol. The van der Waals surface area contributed by atoms with Gasteiger partial charge in [-0.3, -0.25) is 18.6 Å². The molecule has 8 nitrogen and oxygen atoms in total. The number of hydrogen-bond donors (Lipinski definition) is 1. The van der Waals surface area contributed by atoms with Crippen molar-refractivity contribution >= 4 is 19.8 Å². The number of esters is 2. The first-order chi connectivity index (χ1) is 22.8. The number of hydrogen-bond acceptors (Lipinski definition) is 7. The Morgan fingerprint density at radius 1 is 0.638 bits per heavy atom. The van der Waals surface area contributed by atoms with Gasteiger partial charge >= 0.3 is 19.8 Å². The van der Waals surface area contributed by atoms with E-state index in [9.17, 15) is 19.0 Å². The van der Waals surface area contributed by atoms with Crippen LogP contribution >= 0.6 is 7.82 Å². The van der Waals surface area contributed by atoms with Crippen LogP contribution < -0.4 is 0 Å². The second kappa shape index (κ2) is 33.6. The van der Waals surface area contributed by atoms with Crippen LogP contribution in [0.25, 0.3) is 0 Å². The highest BCUT2D eigenvalue weighted by Crippen LogP contribution is 2.42. The molecular formula is C38H65O8P. The van der Waals surface area contributed by atoms with Gasteiger partial charge in [0.25, 0.3) is 0 Å².